The van der Waals surface area contributed by atoms with Crippen LogP contribution in [0.15, 0.2) is 0 Å². The minimum Gasteiger partial charge on any atom is -0.300 e. The van der Waals surface area contributed by atoms with E-state index in [1.165, 1.54) is 51.4 Å². The van der Waals surface area contributed by atoms with Gasteiger partial charge in [-0.25, -0.2) is 0 Å². The molecule has 4 saturated carbocycles. The molecule has 0 aromatic carbocycles. The SMILES string of the molecule is CC12CCCC1C1CCC3CCC(=O)CC3(C)C1CC2. The van der Waals surface area contributed by atoms with E-state index in [0.717, 1.165) is 36.5 Å². The summed E-state index contributed by atoms with van der Waals surface area (Å²) in [5.74, 6) is 4.21. The molecule has 6 atom stereocenters. The van der Waals surface area contributed by atoms with E-state index in [0.29, 0.717) is 16.6 Å². The molecule has 0 saturated heterocycles. The van der Waals surface area contributed by atoms with E-state index in [1.54, 1.807) is 0 Å². The summed E-state index contributed by atoms with van der Waals surface area (Å²) in [5, 5.41) is 0. The lowest BCUT2D eigenvalue weighted by Gasteiger charge is -2.59. The van der Waals surface area contributed by atoms with Crippen LogP contribution in [-0.2, 0) is 4.79 Å². The molecule has 4 rings (SSSR count). The van der Waals surface area contributed by atoms with E-state index < -0.39 is 0 Å². The molecule has 6 unspecified atom stereocenters. The maximum absolute atomic E-state index is 12.1. The third kappa shape index (κ3) is 1.70. The summed E-state index contributed by atoms with van der Waals surface area (Å²) in [6.07, 6.45) is 13.1. The number of fused-ring (bicyclic) bond motifs is 5. The first kappa shape index (κ1) is 13.3. The summed E-state index contributed by atoms with van der Waals surface area (Å²) in [4.78, 5) is 12.1. The fourth-order valence-electron chi connectivity index (χ4n) is 7.13. The maximum atomic E-state index is 12.1. The summed E-state index contributed by atoms with van der Waals surface area (Å²) < 4.78 is 0. The fraction of sp³-hybridized carbons (Fsp3) is 0.947. The number of hydrogen-bond acceptors (Lipinski definition) is 1. The summed E-state index contributed by atoms with van der Waals surface area (Å²) in [5.41, 5.74) is 1.02. The highest BCUT2D eigenvalue weighted by Gasteiger charge is 2.57. The Morgan fingerprint density at radius 3 is 2.65 bits per heavy atom. The van der Waals surface area contributed by atoms with Crippen molar-refractivity contribution in [3.8, 4) is 0 Å². The normalized spacial score (nSPS) is 55.0. The molecular weight excluding hydrogens is 244 g/mol. The van der Waals surface area contributed by atoms with Gasteiger partial charge in [-0.2, -0.15) is 0 Å². The summed E-state index contributed by atoms with van der Waals surface area (Å²) in [7, 11) is 0. The minimum atomic E-state index is 0.363. The van der Waals surface area contributed by atoms with Crippen LogP contribution in [0.2, 0.25) is 0 Å². The molecule has 4 fully saturated rings. The number of carbonyl (C=O) groups excluding carboxylic acids is 1. The first-order valence-corrected chi connectivity index (χ1v) is 9.05. The smallest absolute Gasteiger partial charge is 0.133 e. The van der Waals surface area contributed by atoms with Crippen molar-refractivity contribution >= 4 is 5.78 Å². The summed E-state index contributed by atoms with van der Waals surface area (Å²) in [6.45, 7) is 5.06. The first-order chi connectivity index (χ1) is 9.53. The van der Waals surface area contributed by atoms with Crippen LogP contribution >= 0.6 is 0 Å². The van der Waals surface area contributed by atoms with Gasteiger partial charge >= 0.3 is 0 Å². The third-order valence-corrected chi connectivity index (χ3v) is 8.20. The van der Waals surface area contributed by atoms with Crippen molar-refractivity contribution in [3.05, 3.63) is 0 Å². The quantitative estimate of drug-likeness (QED) is 0.608. The van der Waals surface area contributed by atoms with E-state index in [9.17, 15) is 4.79 Å². The second-order valence-electron chi connectivity index (χ2n) is 9.00. The molecule has 112 valence electrons. The van der Waals surface area contributed by atoms with E-state index in [-0.39, 0.29) is 0 Å². The fourth-order valence-corrected chi connectivity index (χ4v) is 7.13. The van der Waals surface area contributed by atoms with Crippen molar-refractivity contribution < 1.29 is 4.79 Å². The van der Waals surface area contributed by atoms with Crippen LogP contribution in [0, 0.1) is 34.5 Å². The molecule has 0 heterocycles. The van der Waals surface area contributed by atoms with Gasteiger partial charge in [0.15, 0.2) is 0 Å². The molecule has 20 heavy (non-hydrogen) atoms. The van der Waals surface area contributed by atoms with Gasteiger partial charge in [0, 0.05) is 12.8 Å². The zero-order valence-corrected chi connectivity index (χ0v) is 13.3. The van der Waals surface area contributed by atoms with Gasteiger partial charge in [0.1, 0.15) is 5.78 Å². The molecule has 0 aliphatic heterocycles. The monoisotopic (exact) mass is 274 g/mol. The average Bonchev–Trinajstić information content (AvgIpc) is 2.79. The van der Waals surface area contributed by atoms with Gasteiger partial charge in [-0.1, -0.05) is 20.3 Å². The van der Waals surface area contributed by atoms with E-state index >= 15 is 0 Å². The van der Waals surface area contributed by atoms with Crippen LogP contribution in [0.1, 0.15) is 78.1 Å². The zero-order valence-electron chi connectivity index (χ0n) is 13.3. The van der Waals surface area contributed by atoms with Gasteiger partial charge in [-0.15, -0.1) is 0 Å². The molecule has 0 spiro atoms. The van der Waals surface area contributed by atoms with Crippen molar-refractivity contribution in [2.24, 2.45) is 34.5 Å². The Hall–Kier alpha value is -0.330. The number of carbonyl (C=O) groups is 1. The van der Waals surface area contributed by atoms with Crippen molar-refractivity contribution in [2.75, 3.05) is 0 Å². The van der Waals surface area contributed by atoms with Crippen LogP contribution in [0.4, 0.5) is 0 Å². The molecule has 0 amide bonds. The third-order valence-electron chi connectivity index (χ3n) is 8.20. The van der Waals surface area contributed by atoms with Crippen molar-refractivity contribution in [2.45, 2.75) is 78.1 Å². The van der Waals surface area contributed by atoms with Gasteiger partial charge in [0.05, 0.1) is 0 Å². The number of rotatable bonds is 0. The lowest BCUT2D eigenvalue weighted by Crippen LogP contribution is -2.53. The predicted octanol–water partition coefficient (Wildman–Crippen LogP) is 4.99. The molecular formula is C19H30O. The predicted molar refractivity (Wildman–Crippen MR) is 81.4 cm³/mol. The van der Waals surface area contributed by atoms with Gasteiger partial charge in [-0.3, -0.25) is 4.79 Å². The molecule has 0 N–H and O–H groups in total. The highest BCUT2D eigenvalue weighted by Crippen LogP contribution is 2.65. The van der Waals surface area contributed by atoms with Crippen LogP contribution in [0.5, 0.6) is 0 Å². The van der Waals surface area contributed by atoms with Gasteiger partial charge < -0.3 is 0 Å². The molecule has 1 nitrogen and oxygen atoms in total. The molecule has 0 aromatic rings. The van der Waals surface area contributed by atoms with Crippen molar-refractivity contribution in [3.63, 3.8) is 0 Å². The Morgan fingerprint density at radius 2 is 1.80 bits per heavy atom. The van der Waals surface area contributed by atoms with Gasteiger partial charge in [0.25, 0.3) is 0 Å². The van der Waals surface area contributed by atoms with Crippen LogP contribution < -0.4 is 0 Å². The second-order valence-corrected chi connectivity index (χ2v) is 9.00. The Labute approximate surface area is 123 Å². The zero-order chi connectivity index (χ0) is 14.0. The average molecular weight is 274 g/mol. The highest BCUT2D eigenvalue weighted by atomic mass is 16.1. The standard InChI is InChI=1S/C19H30O/c1-18-10-3-4-16(18)15-8-6-13-5-7-14(20)12-19(13,2)17(15)9-11-18/h13,15-17H,3-12H2,1-2H3. The minimum absolute atomic E-state index is 0.363. The maximum Gasteiger partial charge on any atom is 0.133 e. The van der Waals surface area contributed by atoms with Crippen molar-refractivity contribution in [1.82, 2.24) is 0 Å². The van der Waals surface area contributed by atoms with Crippen LogP contribution in [0.3, 0.4) is 0 Å². The van der Waals surface area contributed by atoms with E-state index in [2.05, 4.69) is 13.8 Å². The number of Topliss-reactive ketones (excluding diaryl/α,β-unsaturated/α-hetero) is 1. The van der Waals surface area contributed by atoms with Gasteiger partial charge in [0.2, 0.25) is 0 Å². The van der Waals surface area contributed by atoms with E-state index in [1.807, 2.05) is 0 Å². The second kappa shape index (κ2) is 4.34. The van der Waals surface area contributed by atoms with Crippen LogP contribution in [-0.4, -0.2) is 5.78 Å². The molecule has 0 aromatic heterocycles. The highest BCUT2D eigenvalue weighted by molar-refractivity contribution is 5.80. The lowest BCUT2D eigenvalue weighted by atomic mass is 9.45. The lowest BCUT2D eigenvalue weighted by molar-refractivity contribution is -0.139. The molecule has 0 radical (unpaired) electrons. The Balaban J connectivity index is 1.66. The largest absolute Gasteiger partial charge is 0.300 e. The topological polar surface area (TPSA) is 17.1 Å². The summed E-state index contributed by atoms with van der Waals surface area (Å²) >= 11 is 0. The van der Waals surface area contributed by atoms with Gasteiger partial charge in [-0.05, 0) is 79.4 Å². The molecule has 4 aliphatic carbocycles. The van der Waals surface area contributed by atoms with E-state index in [4.69, 9.17) is 0 Å². The number of ketones is 1. The summed E-state index contributed by atoms with van der Waals surface area (Å²) in [6, 6.07) is 0. The first-order valence-electron chi connectivity index (χ1n) is 9.05. The molecule has 0 bridgehead atoms. The van der Waals surface area contributed by atoms with Crippen LogP contribution in [0.25, 0.3) is 0 Å². The Bertz CT molecular complexity index is 427. The Morgan fingerprint density at radius 1 is 0.950 bits per heavy atom. The molecule has 1 heteroatoms. The Kier molecular flexibility index (Phi) is 2.89. The number of hydrogen-bond donors (Lipinski definition) is 0. The molecule has 4 aliphatic rings. The van der Waals surface area contributed by atoms with Crippen molar-refractivity contribution in [1.29, 1.82) is 0 Å².